The summed E-state index contributed by atoms with van der Waals surface area (Å²) in [5, 5.41) is 0.519. The van der Waals surface area contributed by atoms with Crippen LogP contribution in [0.3, 0.4) is 0 Å². The molecule has 0 N–H and O–H groups in total. The number of aryl methyl sites for hydroxylation is 2. The zero-order valence-electron chi connectivity index (χ0n) is 12.0. The average molecular weight is 291 g/mol. The van der Waals surface area contributed by atoms with Crippen molar-refractivity contribution in [2.24, 2.45) is 7.05 Å². The Bertz CT molecular complexity index is 776. The zero-order chi connectivity index (χ0) is 15.4. The van der Waals surface area contributed by atoms with E-state index in [2.05, 4.69) is 9.72 Å². The van der Waals surface area contributed by atoms with Gasteiger partial charge in [-0.3, -0.25) is 23.7 Å². The summed E-state index contributed by atoms with van der Waals surface area (Å²) in [6.07, 6.45) is 4.24. The first kappa shape index (κ1) is 15.0. The largest absolute Gasteiger partial charge is 0.468 e. The summed E-state index contributed by atoms with van der Waals surface area (Å²) in [5.74, 6) is 0. The fourth-order valence-electron chi connectivity index (χ4n) is 2.32. The van der Waals surface area contributed by atoms with Crippen molar-refractivity contribution < 1.29 is 9.53 Å². The van der Waals surface area contributed by atoms with Crippen LogP contribution in [0.5, 0.6) is 0 Å². The molecule has 0 radical (unpaired) electrons. The number of pyridine rings is 1. The number of hydrogen-bond donors (Lipinski definition) is 0. The molecular weight excluding hydrogens is 274 g/mol. The Balaban J connectivity index is 2.58. The lowest BCUT2D eigenvalue weighted by molar-refractivity contribution is -0.128. The van der Waals surface area contributed by atoms with Crippen molar-refractivity contribution >= 4 is 17.4 Å². The van der Waals surface area contributed by atoms with Crippen LogP contribution in [-0.4, -0.2) is 27.2 Å². The van der Waals surface area contributed by atoms with Crippen LogP contribution in [0.4, 0.5) is 0 Å². The van der Waals surface area contributed by atoms with Crippen molar-refractivity contribution in [1.29, 1.82) is 0 Å². The maximum Gasteiger partial charge on any atom is 0.331 e. The third kappa shape index (κ3) is 2.72. The SMILES string of the molecule is CCc1cncc2c1c(=O)n(CCCOC=O)c(=O)n2C. The summed E-state index contributed by atoms with van der Waals surface area (Å²) >= 11 is 0. The average Bonchev–Trinajstić information content (AvgIpc) is 2.51. The van der Waals surface area contributed by atoms with Crippen molar-refractivity contribution in [3.63, 3.8) is 0 Å². The van der Waals surface area contributed by atoms with Crippen LogP contribution < -0.4 is 11.2 Å². The van der Waals surface area contributed by atoms with Gasteiger partial charge < -0.3 is 4.74 Å². The van der Waals surface area contributed by atoms with Crippen LogP contribution in [-0.2, 0) is 29.5 Å². The van der Waals surface area contributed by atoms with Gasteiger partial charge in [-0.05, 0) is 18.4 Å². The molecule has 0 aliphatic rings. The highest BCUT2D eigenvalue weighted by Crippen LogP contribution is 2.11. The molecule has 2 aromatic heterocycles. The topological polar surface area (TPSA) is 83.2 Å². The lowest BCUT2D eigenvalue weighted by Gasteiger charge is -2.12. The first-order valence-corrected chi connectivity index (χ1v) is 6.73. The van der Waals surface area contributed by atoms with E-state index in [0.29, 0.717) is 30.2 Å². The van der Waals surface area contributed by atoms with Crippen LogP contribution in [0.1, 0.15) is 18.9 Å². The normalized spacial score (nSPS) is 10.8. The molecule has 0 aliphatic carbocycles. The lowest BCUT2D eigenvalue weighted by atomic mass is 10.1. The number of rotatable bonds is 6. The van der Waals surface area contributed by atoms with Gasteiger partial charge in [0, 0.05) is 19.8 Å². The molecule has 2 rings (SSSR count). The number of carbonyl (C=O) groups excluding carboxylic acids is 1. The monoisotopic (exact) mass is 291 g/mol. The van der Waals surface area contributed by atoms with Gasteiger partial charge in [-0.15, -0.1) is 0 Å². The quantitative estimate of drug-likeness (QED) is 0.561. The van der Waals surface area contributed by atoms with Gasteiger partial charge >= 0.3 is 5.69 Å². The van der Waals surface area contributed by atoms with Crippen molar-refractivity contribution in [2.45, 2.75) is 26.3 Å². The third-order valence-electron chi connectivity index (χ3n) is 3.44. The van der Waals surface area contributed by atoms with Gasteiger partial charge in [0.25, 0.3) is 12.0 Å². The Kier molecular flexibility index (Phi) is 4.52. The van der Waals surface area contributed by atoms with E-state index < -0.39 is 5.69 Å². The summed E-state index contributed by atoms with van der Waals surface area (Å²) in [6, 6.07) is 0. The second-order valence-electron chi connectivity index (χ2n) is 4.67. The van der Waals surface area contributed by atoms with E-state index in [0.717, 1.165) is 5.56 Å². The highest BCUT2D eigenvalue weighted by atomic mass is 16.5. The van der Waals surface area contributed by atoms with Crippen molar-refractivity contribution in [3.8, 4) is 0 Å². The molecule has 7 heteroatoms. The van der Waals surface area contributed by atoms with E-state index in [1.54, 1.807) is 13.2 Å². The number of hydrogen-bond acceptors (Lipinski definition) is 5. The van der Waals surface area contributed by atoms with Gasteiger partial charge in [-0.2, -0.15) is 0 Å². The van der Waals surface area contributed by atoms with Crippen molar-refractivity contribution in [2.75, 3.05) is 6.61 Å². The molecule has 0 spiro atoms. The molecular formula is C14H17N3O4. The third-order valence-corrected chi connectivity index (χ3v) is 3.44. The van der Waals surface area contributed by atoms with E-state index >= 15 is 0 Å². The molecule has 0 atom stereocenters. The number of ether oxygens (including phenoxy) is 1. The maximum atomic E-state index is 12.6. The van der Waals surface area contributed by atoms with E-state index in [9.17, 15) is 14.4 Å². The Hall–Kier alpha value is -2.44. The van der Waals surface area contributed by atoms with Crippen LogP contribution in [0.2, 0.25) is 0 Å². The first-order valence-electron chi connectivity index (χ1n) is 6.73. The minimum Gasteiger partial charge on any atom is -0.468 e. The molecule has 112 valence electrons. The molecule has 0 bridgehead atoms. The fourth-order valence-corrected chi connectivity index (χ4v) is 2.32. The summed E-state index contributed by atoms with van der Waals surface area (Å²) in [6.45, 7) is 2.67. The second-order valence-corrected chi connectivity index (χ2v) is 4.67. The Morgan fingerprint density at radius 1 is 1.33 bits per heavy atom. The zero-order valence-corrected chi connectivity index (χ0v) is 12.0. The van der Waals surface area contributed by atoms with Crippen LogP contribution in [0, 0.1) is 0 Å². The number of nitrogens with zero attached hydrogens (tertiary/aromatic N) is 3. The molecule has 0 aromatic carbocycles. The smallest absolute Gasteiger partial charge is 0.331 e. The van der Waals surface area contributed by atoms with E-state index in [1.807, 2.05) is 6.92 Å². The molecule has 2 aromatic rings. The summed E-state index contributed by atoms with van der Waals surface area (Å²) in [4.78, 5) is 39.0. The molecule has 0 unspecified atom stereocenters. The van der Waals surface area contributed by atoms with Crippen molar-refractivity contribution in [1.82, 2.24) is 14.1 Å². The van der Waals surface area contributed by atoms with Crippen LogP contribution in [0.25, 0.3) is 10.9 Å². The molecule has 7 nitrogen and oxygen atoms in total. The van der Waals surface area contributed by atoms with Gasteiger partial charge in [0.2, 0.25) is 0 Å². The first-order chi connectivity index (χ1) is 10.1. The highest BCUT2D eigenvalue weighted by Gasteiger charge is 2.13. The van der Waals surface area contributed by atoms with Gasteiger partial charge in [0.1, 0.15) is 0 Å². The highest BCUT2D eigenvalue weighted by molar-refractivity contribution is 5.80. The molecule has 0 amide bonds. The predicted molar refractivity (Wildman–Crippen MR) is 77.3 cm³/mol. The standard InChI is InChI=1S/C14H17N3O4/c1-3-10-7-15-8-11-12(10)13(19)17(14(20)16(11)2)5-4-6-21-9-18/h7-9H,3-6H2,1-2H3. The minimum atomic E-state index is -0.395. The Labute approximate surface area is 120 Å². The molecule has 0 fully saturated rings. The molecule has 0 saturated heterocycles. The van der Waals surface area contributed by atoms with E-state index in [1.165, 1.54) is 15.3 Å². The van der Waals surface area contributed by atoms with E-state index in [-0.39, 0.29) is 18.7 Å². The minimum absolute atomic E-state index is 0.175. The van der Waals surface area contributed by atoms with Crippen LogP contribution >= 0.6 is 0 Å². The van der Waals surface area contributed by atoms with Gasteiger partial charge in [-0.1, -0.05) is 6.92 Å². The summed E-state index contributed by atoms with van der Waals surface area (Å²) < 4.78 is 7.18. The summed E-state index contributed by atoms with van der Waals surface area (Å²) in [5.41, 5.74) is 0.628. The molecule has 2 heterocycles. The van der Waals surface area contributed by atoms with E-state index in [4.69, 9.17) is 0 Å². The molecule has 21 heavy (non-hydrogen) atoms. The van der Waals surface area contributed by atoms with Gasteiger partial charge in [0.05, 0.1) is 23.7 Å². The fraction of sp³-hybridized carbons (Fsp3) is 0.429. The second kappa shape index (κ2) is 6.34. The Morgan fingerprint density at radius 3 is 2.76 bits per heavy atom. The van der Waals surface area contributed by atoms with Gasteiger partial charge in [-0.25, -0.2) is 4.79 Å². The number of aromatic nitrogens is 3. The number of fused-ring (bicyclic) bond motifs is 1. The maximum absolute atomic E-state index is 12.6. The van der Waals surface area contributed by atoms with Gasteiger partial charge in [0.15, 0.2) is 0 Å². The number of carbonyl (C=O) groups is 1. The molecule has 0 saturated carbocycles. The molecule has 0 aliphatic heterocycles. The van der Waals surface area contributed by atoms with Crippen molar-refractivity contribution in [3.05, 3.63) is 38.8 Å². The van der Waals surface area contributed by atoms with Crippen LogP contribution in [0.15, 0.2) is 22.0 Å². The lowest BCUT2D eigenvalue weighted by Crippen LogP contribution is -2.39. The summed E-state index contributed by atoms with van der Waals surface area (Å²) in [7, 11) is 1.61. The Morgan fingerprint density at radius 2 is 2.10 bits per heavy atom. The predicted octanol–water partition coefficient (Wildman–Crippen LogP) is 0.221.